The fraction of sp³-hybridized carbons (Fsp3) is 0.895. The third-order valence-electron chi connectivity index (χ3n) is 5.56. The van der Waals surface area contributed by atoms with E-state index in [1.54, 1.807) is 0 Å². The Bertz CT molecular complexity index is 461. The lowest BCUT2D eigenvalue weighted by atomic mass is 9.97. The van der Waals surface area contributed by atoms with Gasteiger partial charge in [0.05, 0.1) is 12.5 Å². The van der Waals surface area contributed by atoms with Gasteiger partial charge in [0.25, 0.3) is 0 Å². The van der Waals surface area contributed by atoms with E-state index in [-0.39, 0.29) is 35.8 Å². The second-order valence-corrected chi connectivity index (χ2v) is 7.47. The van der Waals surface area contributed by atoms with Gasteiger partial charge in [0.15, 0.2) is 5.96 Å². The normalized spacial score (nSPS) is 24.4. The van der Waals surface area contributed by atoms with Crippen LogP contribution in [-0.2, 0) is 4.79 Å². The Morgan fingerprint density at radius 3 is 2.67 bits per heavy atom. The number of nitrogens with one attached hydrogen (secondary N) is 2. The number of hydrogen-bond donors (Lipinski definition) is 3. The van der Waals surface area contributed by atoms with E-state index >= 15 is 0 Å². The van der Waals surface area contributed by atoms with Gasteiger partial charge in [-0.3, -0.25) is 14.7 Å². The van der Waals surface area contributed by atoms with Gasteiger partial charge in [-0.2, -0.15) is 0 Å². The predicted octanol–water partition coefficient (Wildman–Crippen LogP) is 1.23. The third kappa shape index (κ3) is 8.51. The van der Waals surface area contributed by atoms with Gasteiger partial charge in [-0.15, -0.1) is 24.0 Å². The molecule has 0 aliphatic carbocycles. The summed E-state index contributed by atoms with van der Waals surface area (Å²) >= 11 is 0. The summed E-state index contributed by atoms with van der Waals surface area (Å²) < 4.78 is 0. The number of likely N-dealkylation sites (N-methyl/N-ethyl adjacent to an activating group) is 1. The molecule has 0 radical (unpaired) electrons. The van der Waals surface area contributed by atoms with Gasteiger partial charge in [-0.1, -0.05) is 6.92 Å². The Morgan fingerprint density at radius 1 is 1.19 bits per heavy atom. The van der Waals surface area contributed by atoms with Crippen molar-refractivity contribution in [3.8, 4) is 0 Å². The molecule has 2 aliphatic heterocycles. The van der Waals surface area contributed by atoms with Gasteiger partial charge in [0, 0.05) is 25.7 Å². The number of halogens is 1. The molecular weight excluding hydrogens is 455 g/mol. The zero-order chi connectivity index (χ0) is 18.8. The van der Waals surface area contributed by atoms with E-state index in [9.17, 15) is 4.79 Å². The molecule has 158 valence electrons. The number of amides is 1. The van der Waals surface area contributed by atoms with Crippen LogP contribution in [0.15, 0.2) is 4.99 Å². The number of carbonyl (C=O) groups excluding carboxylic acids is 1. The molecule has 0 spiro atoms. The van der Waals surface area contributed by atoms with E-state index in [0.29, 0.717) is 6.04 Å². The smallest absolute Gasteiger partial charge is 0.221 e. The third-order valence-corrected chi connectivity index (χ3v) is 5.56. The van der Waals surface area contributed by atoms with Crippen LogP contribution in [0.4, 0.5) is 0 Å². The number of nitrogens with two attached hydrogens (primary N) is 1. The number of primary amides is 1. The minimum absolute atomic E-state index is 0. The largest absolute Gasteiger partial charge is 0.369 e. The lowest BCUT2D eigenvalue weighted by molar-refractivity contribution is -0.123. The summed E-state index contributed by atoms with van der Waals surface area (Å²) in [5.74, 6) is 0.801. The highest BCUT2D eigenvalue weighted by Gasteiger charge is 2.24. The highest BCUT2D eigenvalue weighted by Crippen LogP contribution is 2.17. The summed E-state index contributed by atoms with van der Waals surface area (Å²) in [5.41, 5.74) is 5.46. The molecule has 7 nitrogen and oxygen atoms in total. The van der Waals surface area contributed by atoms with Crippen LogP contribution < -0.4 is 16.4 Å². The predicted molar refractivity (Wildman–Crippen MR) is 123 cm³/mol. The number of guanidine groups is 1. The van der Waals surface area contributed by atoms with Crippen molar-refractivity contribution in [1.29, 1.82) is 0 Å². The van der Waals surface area contributed by atoms with Gasteiger partial charge < -0.3 is 21.3 Å². The molecule has 8 heteroatoms. The fourth-order valence-electron chi connectivity index (χ4n) is 4.06. The lowest BCUT2D eigenvalue weighted by Crippen LogP contribution is -2.43. The van der Waals surface area contributed by atoms with Crippen molar-refractivity contribution in [2.75, 3.05) is 52.4 Å². The molecule has 2 unspecified atom stereocenters. The van der Waals surface area contributed by atoms with Crippen LogP contribution in [-0.4, -0.2) is 80.1 Å². The topological polar surface area (TPSA) is 86.0 Å². The molecule has 0 aromatic heterocycles. The zero-order valence-corrected chi connectivity index (χ0v) is 19.4. The van der Waals surface area contributed by atoms with Crippen LogP contribution in [0.1, 0.15) is 46.0 Å². The average Bonchev–Trinajstić information content (AvgIpc) is 3.11. The lowest BCUT2D eigenvalue weighted by Gasteiger charge is -2.31. The highest BCUT2D eigenvalue weighted by atomic mass is 127. The maximum atomic E-state index is 11.4. The van der Waals surface area contributed by atoms with Gasteiger partial charge >= 0.3 is 0 Å². The number of nitrogens with zero attached hydrogens (tertiary/aromatic N) is 3. The number of aliphatic imine (C=N–C) groups is 1. The average molecular weight is 494 g/mol. The molecule has 0 saturated carbocycles. The molecule has 27 heavy (non-hydrogen) atoms. The Hall–Kier alpha value is -0.610. The maximum absolute atomic E-state index is 11.4. The van der Waals surface area contributed by atoms with Crippen molar-refractivity contribution in [3.63, 3.8) is 0 Å². The molecule has 1 amide bonds. The van der Waals surface area contributed by atoms with Gasteiger partial charge in [-0.05, 0) is 65.2 Å². The molecule has 2 rings (SSSR count). The van der Waals surface area contributed by atoms with Crippen LogP contribution >= 0.6 is 24.0 Å². The second kappa shape index (κ2) is 13.5. The Kier molecular flexibility index (Phi) is 12.3. The molecule has 0 aromatic carbocycles. The first kappa shape index (κ1) is 24.4. The Balaban J connectivity index is 0.00000364. The van der Waals surface area contributed by atoms with Crippen molar-refractivity contribution >= 4 is 35.8 Å². The Morgan fingerprint density at radius 2 is 1.96 bits per heavy atom. The summed E-state index contributed by atoms with van der Waals surface area (Å²) in [4.78, 5) is 21.1. The van der Waals surface area contributed by atoms with Crippen LogP contribution in [0.5, 0.6) is 0 Å². The summed E-state index contributed by atoms with van der Waals surface area (Å²) in [6.07, 6.45) is 5.60. The van der Waals surface area contributed by atoms with E-state index < -0.39 is 0 Å². The number of likely N-dealkylation sites (tertiary alicyclic amines) is 2. The van der Waals surface area contributed by atoms with Crippen molar-refractivity contribution in [2.45, 2.75) is 52.0 Å². The maximum Gasteiger partial charge on any atom is 0.221 e. The Labute approximate surface area is 181 Å². The minimum atomic E-state index is -0.151. The number of carbonyl (C=O) groups is 1. The van der Waals surface area contributed by atoms with E-state index in [4.69, 9.17) is 10.7 Å². The molecule has 4 N–H and O–H groups in total. The zero-order valence-electron chi connectivity index (χ0n) is 17.1. The standard InChI is InChI=1S/C19H38N6O.HI/c1-3-21-19(23-14-17-9-6-13-25(17)4-2)22-10-7-12-24-11-5-8-16(15-24)18(20)26;/h16-17H,3-15H2,1-2H3,(H2,20,26)(H2,21,22,23);1H. The first-order chi connectivity index (χ1) is 12.6. The summed E-state index contributed by atoms with van der Waals surface area (Å²) in [5, 5.41) is 6.80. The van der Waals surface area contributed by atoms with Crippen molar-refractivity contribution < 1.29 is 4.79 Å². The second-order valence-electron chi connectivity index (χ2n) is 7.47. The SMILES string of the molecule is CCNC(=NCC1CCCN1CC)NCCCN1CCCC(C(N)=O)C1.I. The minimum Gasteiger partial charge on any atom is -0.369 e. The monoisotopic (exact) mass is 494 g/mol. The molecule has 2 aliphatic rings. The first-order valence-corrected chi connectivity index (χ1v) is 10.4. The van der Waals surface area contributed by atoms with Crippen LogP contribution in [0.2, 0.25) is 0 Å². The van der Waals surface area contributed by atoms with Crippen LogP contribution in [0.3, 0.4) is 0 Å². The molecule has 2 atom stereocenters. The van der Waals surface area contributed by atoms with Gasteiger partial charge in [0.1, 0.15) is 0 Å². The summed E-state index contributed by atoms with van der Waals surface area (Å²) in [7, 11) is 0. The van der Waals surface area contributed by atoms with Gasteiger partial charge in [0.2, 0.25) is 5.91 Å². The quantitative estimate of drug-likeness (QED) is 0.194. The van der Waals surface area contributed by atoms with Crippen molar-refractivity contribution in [2.24, 2.45) is 16.6 Å². The number of piperidine rings is 1. The van der Waals surface area contributed by atoms with Crippen molar-refractivity contribution in [3.05, 3.63) is 0 Å². The van der Waals surface area contributed by atoms with E-state index in [2.05, 4.69) is 34.3 Å². The molecule has 2 saturated heterocycles. The van der Waals surface area contributed by atoms with Crippen LogP contribution in [0.25, 0.3) is 0 Å². The molecule has 0 bridgehead atoms. The number of hydrogen-bond acceptors (Lipinski definition) is 4. The van der Waals surface area contributed by atoms with E-state index in [1.807, 2.05) is 0 Å². The van der Waals surface area contributed by atoms with Crippen molar-refractivity contribution in [1.82, 2.24) is 20.4 Å². The molecular formula is C19H39IN6O. The van der Waals surface area contributed by atoms with Gasteiger partial charge in [-0.25, -0.2) is 0 Å². The molecule has 2 fully saturated rings. The highest BCUT2D eigenvalue weighted by molar-refractivity contribution is 14.0. The van der Waals surface area contributed by atoms with Crippen LogP contribution in [0, 0.1) is 5.92 Å². The first-order valence-electron chi connectivity index (χ1n) is 10.4. The number of rotatable bonds is 9. The fourth-order valence-corrected chi connectivity index (χ4v) is 4.06. The molecule has 2 heterocycles. The summed E-state index contributed by atoms with van der Waals surface area (Å²) in [6.45, 7) is 12.2. The van der Waals surface area contributed by atoms with E-state index in [0.717, 1.165) is 71.0 Å². The van der Waals surface area contributed by atoms with E-state index in [1.165, 1.54) is 19.4 Å². The summed E-state index contributed by atoms with van der Waals surface area (Å²) in [6, 6.07) is 0.592. The molecule has 0 aromatic rings.